The van der Waals surface area contributed by atoms with Crippen molar-refractivity contribution >= 4 is 23.2 Å². The van der Waals surface area contributed by atoms with Crippen LogP contribution in [0.25, 0.3) is 0 Å². The molecule has 96 valence electrons. The molecule has 1 aromatic carbocycles. The lowest BCUT2D eigenvalue weighted by Crippen LogP contribution is -2.02. The van der Waals surface area contributed by atoms with Crippen molar-refractivity contribution in [2.24, 2.45) is 0 Å². The normalized spacial score (nSPS) is 13.0. The molecule has 0 amide bonds. The van der Waals surface area contributed by atoms with Gasteiger partial charge in [0, 0.05) is 33.4 Å². The van der Waals surface area contributed by atoms with Crippen molar-refractivity contribution in [2.75, 3.05) is 0 Å². The number of hydrogen-bond acceptors (Lipinski definition) is 2. The number of aliphatic hydroxyl groups is 1. The molecule has 1 N–H and O–H groups in total. The fourth-order valence-corrected chi connectivity index (χ4v) is 2.08. The molecule has 0 fully saturated rings. The zero-order valence-corrected chi connectivity index (χ0v) is 11.7. The van der Waals surface area contributed by atoms with Crippen LogP contribution in [0.1, 0.15) is 37.1 Å². The van der Waals surface area contributed by atoms with E-state index >= 15 is 0 Å². The van der Waals surface area contributed by atoms with Gasteiger partial charge in [0.2, 0.25) is 0 Å². The standard InChI is InChI=1S/C13H14Cl2N2O/c1-8(2)17-7-9(6-16-17)13(18)11-5-10(14)3-4-12(11)15/h3-8,13,18H,1-2H3. The summed E-state index contributed by atoms with van der Waals surface area (Å²) in [5, 5.41) is 15.5. The first kappa shape index (κ1) is 13.4. The second kappa shape index (κ2) is 5.31. The van der Waals surface area contributed by atoms with E-state index < -0.39 is 6.10 Å². The largest absolute Gasteiger partial charge is 0.383 e. The molecule has 0 aliphatic carbocycles. The Hall–Kier alpha value is -1.03. The van der Waals surface area contributed by atoms with Gasteiger partial charge in [-0.05, 0) is 32.0 Å². The van der Waals surface area contributed by atoms with Gasteiger partial charge in [-0.3, -0.25) is 4.68 Å². The molecule has 0 radical (unpaired) electrons. The van der Waals surface area contributed by atoms with Gasteiger partial charge in [0.15, 0.2) is 0 Å². The second-order valence-corrected chi connectivity index (χ2v) is 5.26. The third-order valence-corrected chi connectivity index (χ3v) is 3.30. The van der Waals surface area contributed by atoms with Gasteiger partial charge in [-0.2, -0.15) is 5.10 Å². The summed E-state index contributed by atoms with van der Waals surface area (Å²) in [6, 6.07) is 5.29. The van der Waals surface area contributed by atoms with Crippen molar-refractivity contribution in [3.8, 4) is 0 Å². The predicted octanol–water partition coefficient (Wildman–Crippen LogP) is 3.85. The minimum Gasteiger partial charge on any atom is -0.383 e. The van der Waals surface area contributed by atoms with E-state index in [1.165, 1.54) is 0 Å². The lowest BCUT2D eigenvalue weighted by Gasteiger charge is -2.11. The van der Waals surface area contributed by atoms with Gasteiger partial charge in [-0.15, -0.1) is 0 Å². The molecule has 3 nitrogen and oxygen atoms in total. The fraction of sp³-hybridized carbons (Fsp3) is 0.308. The topological polar surface area (TPSA) is 38.0 Å². The molecular formula is C13H14Cl2N2O. The van der Waals surface area contributed by atoms with Crippen LogP contribution in [0.2, 0.25) is 10.0 Å². The minimum absolute atomic E-state index is 0.251. The molecule has 0 saturated carbocycles. The number of aromatic nitrogens is 2. The molecule has 5 heteroatoms. The first-order chi connectivity index (χ1) is 8.49. The number of benzene rings is 1. The van der Waals surface area contributed by atoms with Gasteiger partial charge in [0.05, 0.1) is 6.20 Å². The van der Waals surface area contributed by atoms with Crippen LogP contribution in [0.5, 0.6) is 0 Å². The first-order valence-corrected chi connectivity index (χ1v) is 6.41. The number of aliphatic hydroxyl groups excluding tert-OH is 1. The fourth-order valence-electron chi connectivity index (χ4n) is 1.68. The summed E-state index contributed by atoms with van der Waals surface area (Å²) < 4.78 is 1.79. The van der Waals surface area contributed by atoms with Crippen LogP contribution >= 0.6 is 23.2 Å². The lowest BCUT2D eigenvalue weighted by molar-refractivity contribution is 0.220. The maximum Gasteiger partial charge on any atom is 0.109 e. The Morgan fingerprint density at radius 3 is 2.61 bits per heavy atom. The van der Waals surface area contributed by atoms with Crippen LogP contribution in [0.15, 0.2) is 30.6 Å². The van der Waals surface area contributed by atoms with Crippen molar-refractivity contribution in [1.82, 2.24) is 9.78 Å². The van der Waals surface area contributed by atoms with Crippen LogP contribution in [0.3, 0.4) is 0 Å². The zero-order valence-electron chi connectivity index (χ0n) is 10.1. The minimum atomic E-state index is -0.816. The summed E-state index contributed by atoms with van der Waals surface area (Å²) in [5.41, 5.74) is 1.29. The Bertz CT molecular complexity index is 552. The molecule has 1 unspecified atom stereocenters. The Morgan fingerprint density at radius 1 is 1.28 bits per heavy atom. The van der Waals surface area contributed by atoms with E-state index in [9.17, 15) is 5.11 Å². The van der Waals surface area contributed by atoms with Crippen LogP contribution < -0.4 is 0 Å². The van der Waals surface area contributed by atoms with E-state index in [0.717, 1.165) is 0 Å². The smallest absolute Gasteiger partial charge is 0.109 e. The van der Waals surface area contributed by atoms with Gasteiger partial charge in [0.25, 0.3) is 0 Å². The molecule has 1 aromatic heterocycles. The molecule has 0 spiro atoms. The molecule has 2 rings (SSSR count). The molecular weight excluding hydrogens is 271 g/mol. The molecule has 1 atom stereocenters. The number of rotatable bonds is 3. The summed E-state index contributed by atoms with van der Waals surface area (Å²) in [5.74, 6) is 0. The molecule has 0 bridgehead atoms. The lowest BCUT2D eigenvalue weighted by atomic mass is 10.0. The first-order valence-electron chi connectivity index (χ1n) is 5.66. The Balaban J connectivity index is 2.34. The SMILES string of the molecule is CC(C)n1cc(C(O)c2cc(Cl)ccc2Cl)cn1. The highest BCUT2D eigenvalue weighted by molar-refractivity contribution is 6.33. The number of halogens is 2. The highest BCUT2D eigenvalue weighted by atomic mass is 35.5. The molecule has 0 aliphatic rings. The maximum atomic E-state index is 10.3. The quantitative estimate of drug-likeness (QED) is 0.930. The second-order valence-electron chi connectivity index (χ2n) is 4.42. The Morgan fingerprint density at radius 2 is 2.00 bits per heavy atom. The van der Waals surface area contributed by atoms with Gasteiger partial charge in [0.1, 0.15) is 6.10 Å². The number of hydrogen-bond donors (Lipinski definition) is 1. The van der Waals surface area contributed by atoms with Crippen molar-refractivity contribution in [3.63, 3.8) is 0 Å². The van der Waals surface area contributed by atoms with Crippen molar-refractivity contribution in [2.45, 2.75) is 26.0 Å². The van der Waals surface area contributed by atoms with E-state index in [2.05, 4.69) is 5.10 Å². The molecule has 0 saturated heterocycles. The van der Waals surface area contributed by atoms with Crippen LogP contribution in [-0.4, -0.2) is 14.9 Å². The van der Waals surface area contributed by atoms with E-state index in [1.54, 1.807) is 29.1 Å². The number of nitrogens with zero attached hydrogens (tertiary/aromatic N) is 2. The summed E-state index contributed by atoms with van der Waals surface area (Å²) in [7, 11) is 0. The van der Waals surface area contributed by atoms with E-state index in [4.69, 9.17) is 23.2 Å². The zero-order chi connectivity index (χ0) is 13.3. The Kier molecular flexibility index (Phi) is 3.95. The van der Waals surface area contributed by atoms with Gasteiger partial charge in [-0.25, -0.2) is 0 Å². The van der Waals surface area contributed by atoms with Gasteiger partial charge in [-0.1, -0.05) is 23.2 Å². The summed E-state index contributed by atoms with van der Waals surface area (Å²) in [6.07, 6.45) is 2.64. The van der Waals surface area contributed by atoms with E-state index in [1.807, 2.05) is 20.0 Å². The molecule has 18 heavy (non-hydrogen) atoms. The highest BCUT2D eigenvalue weighted by Gasteiger charge is 2.16. The van der Waals surface area contributed by atoms with Crippen molar-refractivity contribution in [1.29, 1.82) is 0 Å². The van der Waals surface area contributed by atoms with Gasteiger partial charge >= 0.3 is 0 Å². The van der Waals surface area contributed by atoms with E-state index in [0.29, 0.717) is 21.2 Å². The average molecular weight is 285 g/mol. The van der Waals surface area contributed by atoms with E-state index in [-0.39, 0.29) is 6.04 Å². The molecule has 2 aromatic rings. The van der Waals surface area contributed by atoms with Gasteiger partial charge < -0.3 is 5.11 Å². The maximum absolute atomic E-state index is 10.3. The third kappa shape index (κ3) is 2.69. The van der Waals surface area contributed by atoms with Crippen LogP contribution in [0, 0.1) is 0 Å². The third-order valence-electron chi connectivity index (χ3n) is 2.72. The molecule has 0 aliphatic heterocycles. The molecule has 1 heterocycles. The highest BCUT2D eigenvalue weighted by Crippen LogP contribution is 2.30. The Labute approximate surface area is 116 Å². The van der Waals surface area contributed by atoms with Crippen molar-refractivity contribution < 1.29 is 5.11 Å². The average Bonchev–Trinajstić information content (AvgIpc) is 2.81. The predicted molar refractivity (Wildman–Crippen MR) is 73.1 cm³/mol. The summed E-state index contributed by atoms with van der Waals surface area (Å²) >= 11 is 12.0. The van der Waals surface area contributed by atoms with Crippen LogP contribution in [-0.2, 0) is 0 Å². The summed E-state index contributed by atoms with van der Waals surface area (Å²) in [4.78, 5) is 0. The summed E-state index contributed by atoms with van der Waals surface area (Å²) in [6.45, 7) is 4.05. The monoisotopic (exact) mass is 284 g/mol. The van der Waals surface area contributed by atoms with Crippen molar-refractivity contribution in [3.05, 3.63) is 51.8 Å². The van der Waals surface area contributed by atoms with Crippen LogP contribution in [0.4, 0.5) is 0 Å².